The largest absolute Gasteiger partial charge is 0.370 e. The molecule has 1 aromatic carbocycles. The Kier molecular flexibility index (Phi) is 7.36. The van der Waals surface area contributed by atoms with Crippen LogP contribution in [0, 0.1) is 18.3 Å². The van der Waals surface area contributed by atoms with Crippen LogP contribution >= 0.6 is 0 Å². The fourth-order valence-electron chi connectivity index (χ4n) is 4.17. The number of carbonyl (C=O) groups excluding carboxylic acids is 2. The van der Waals surface area contributed by atoms with E-state index in [1.165, 1.54) is 6.20 Å². The summed E-state index contributed by atoms with van der Waals surface area (Å²) in [6.07, 6.45) is 4.76. The molecule has 4 rings (SSSR count). The van der Waals surface area contributed by atoms with E-state index in [0.29, 0.717) is 41.3 Å². The number of benzene rings is 1. The van der Waals surface area contributed by atoms with Crippen LogP contribution in [-0.2, 0) is 0 Å². The molecule has 8 nitrogen and oxygen atoms in total. The van der Waals surface area contributed by atoms with E-state index in [9.17, 15) is 9.59 Å². The van der Waals surface area contributed by atoms with Gasteiger partial charge in [-0.1, -0.05) is 6.07 Å². The summed E-state index contributed by atoms with van der Waals surface area (Å²) >= 11 is 0. The normalized spacial score (nSPS) is 13.7. The lowest BCUT2D eigenvalue weighted by atomic mass is 9.92. The smallest absolute Gasteiger partial charge is 0.257 e. The van der Waals surface area contributed by atoms with Crippen molar-refractivity contribution < 1.29 is 9.59 Å². The Labute approximate surface area is 205 Å². The van der Waals surface area contributed by atoms with E-state index >= 15 is 0 Å². The van der Waals surface area contributed by atoms with Crippen LogP contribution in [0.1, 0.15) is 63.2 Å². The molecule has 0 spiro atoms. The number of hydrogen-bond acceptors (Lipinski definition) is 6. The van der Waals surface area contributed by atoms with Crippen molar-refractivity contribution in [2.24, 2.45) is 0 Å². The number of rotatable bonds is 6. The number of likely N-dealkylation sites (tertiary alicyclic amines) is 1. The number of aryl methyl sites for hydroxylation is 1. The summed E-state index contributed by atoms with van der Waals surface area (Å²) in [6.45, 7) is 5.89. The number of nitriles is 1. The highest BCUT2D eigenvalue weighted by atomic mass is 16.2. The number of hydrogen-bond donors (Lipinski definition) is 2. The molecule has 0 aliphatic carbocycles. The number of nitrogens with zero attached hydrogens (tertiary/aromatic N) is 4. The van der Waals surface area contributed by atoms with Crippen LogP contribution in [-0.4, -0.2) is 46.3 Å². The first-order valence-corrected chi connectivity index (χ1v) is 11.8. The van der Waals surface area contributed by atoms with E-state index < -0.39 is 0 Å². The maximum atomic E-state index is 13.2. The van der Waals surface area contributed by atoms with Gasteiger partial charge in [-0.15, -0.1) is 0 Å². The summed E-state index contributed by atoms with van der Waals surface area (Å²) in [6, 6.07) is 14.7. The molecule has 1 aliphatic rings. The minimum Gasteiger partial charge on any atom is -0.370 e. The van der Waals surface area contributed by atoms with Gasteiger partial charge in [0.25, 0.3) is 11.8 Å². The zero-order chi connectivity index (χ0) is 24.8. The predicted octanol–water partition coefficient (Wildman–Crippen LogP) is 4.36. The SMILES string of the molecule is CCNc1ccc(C(=O)Nc2cc(C(=O)N3CCC(c4ccc(C#N)cn4)CC3)ccc2C)cn1. The molecule has 3 heterocycles. The van der Waals surface area contributed by atoms with Crippen molar-refractivity contribution in [2.75, 3.05) is 30.3 Å². The molecule has 0 unspecified atom stereocenters. The van der Waals surface area contributed by atoms with E-state index in [1.54, 1.807) is 36.5 Å². The molecule has 0 bridgehead atoms. The van der Waals surface area contributed by atoms with Gasteiger partial charge in [-0.3, -0.25) is 14.6 Å². The van der Waals surface area contributed by atoms with Gasteiger partial charge in [0, 0.05) is 54.9 Å². The Morgan fingerprint density at radius 3 is 2.46 bits per heavy atom. The van der Waals surface area contributed by atoms with Crippen molar-refractivity contribution in [3.8, 4) is 6.07 Å². The number of amides is 2. The van der Waals surface area contributed by atoms with Gasteiger partial charge in [0.2, 0.25) is 0 Å². The Balaban J connectivity index is 1.40. The summed E-state index contributed by atoms with van der Waals surface area (Å²) in [4.78, 5) is 36.4. The summed E-state index contributed by atoms with van der Waals surface area (Å²) < 4.78 is 0. The van der Waals surface area contributed by atoms with Crippen molar-refractivity contribution in [3.63, 3.8) is 0 Å². The lowest BCUT2D eigenvalue weighted by molar-refractivity contribution is 0.0712. The standard InChI is InChI=1S/C27H28N6O2/c1-3-29-25-9-7-22(17-31-25)26(34)32-24-14-21(6-4-18(24)2)27(35)33-12-10-20(11-13-33)23-8-5-19(15-28)16-30-23/h4-9,14,16-17,20H,3,10-13H2,1-2H3,(H,29,31)(H,32,34). The average Bonchev–Trinajstić information content (AvgIpc) is 2.90. The van der Waals surface area contributed by atoms with Gasteiger partial charge in [-0.05, 0) is 68.7 Å². The molecule has 8 heteroatoms. The molecule has 35 heavy (non-hydrogen) atoms. The maximum absolute atomic E-state index is 13.2. The van der Waals surface area contributed by atoms with E-state index in [4.69, 9.17) is 5.26 Å². The zero-order valence-electron chi connectivity index (χ0n) is 19.9. The Morgan fingerprint density at radius 2 is 1.83 bits per heavy atom. The highest BCUT2D eigenvalue weighted by molar-refractivity contribution is 6.05. The van der Waals surface area contributed by atoms with E-state index in [-0.39, 0.29) is 17.7 Å². The highest BCUT2D eigenvalue weighted by Crippen LogP contribution is 2.28. The summed E-state index contributed by atoms with van der Waals surface area (Å²) in [5, 5.41) is 15.0. The number of carbonyl (C=O) groups is 2. The van der Waals surface area contributed by atoms with Gasteiger partial charge < -0.3 is 15.5 Å². The summed E-state index contributed by atoms with van der Waals surface area (Å²) in [7, 11) is 0. The van der Waals surface area contributed by atoms with Crippen LogP contribution in [0.25, 0.3) is 0 Å². The summed E-state index contributed by atoms with van der Waals surface area (Å²) in [5.41, 5.74) is 3.98. The second-order valence-corrected chi connectivity index (χ2v) is 8.60. The molecule has 1 aliphatic heterocycles. The van der Waals surface area contributed by atoms with Crippen LogP contribution < -0.4 is 10.6 Å². The lowest BCUT2D eigenvalue weighted by Gasteiger charge is -2.32. The molecule has 2 amide bonds. The topological polar surface area (TPSA) is 111 Å². The fraction of sp³-hybridized carbons (Fsp3) is 0.296. The van der Waals surface area contributed by atoms with Crippen LogP contribution in [0.3, 0.4) is 0 Å². The molecule has 3 aromatic rings. The third kappa shape index (κ3) is 5.64. The Morgan fingerprint density at radius 1 is 1.06 bits per heavy atom. The molecule has 178 valence electrons. The van der Waals surface area contributed by atoms with Crippen molar-refractivity contribution in [1.82, 2.24) is 14.9 Å². The predicted molar refractivity (Wildman–Crippen MR) is 134 cm³/mol. The molecule has 0 radical (unpaired) electrons. The quantitative estimate of drug-likeness (QED) is 0.556. The highest BCUT2D eigenvalue weighted by Gasteiger charge is 2.25. The van der Waals surface area contributed by atoms with E-state index in [1.807, 2.05) is 30.9 Å². The molecule has 1 fully saturated rings. The van der Waals surface area contributed by atoms with Crippen LogP contribution in [0.5, 0.6) is 0 Å². The summed E-state index contributed by atoms with van der Waals surface area (Å²) in [5.74, 6) is 0.658. The molecule has 0 saturated carbocycles. The lowest BCUT2D eigenvalue weighted by Crippen LogP contribution is -2.38. The van der Waals surface area contributed by atoms with Gasteiger partial charge in [0.15, 0.2) is 0 Å². The maximum Gasteiger partial charge on any atom is 0.257 e. The third-order valence-corrected chi connectivity index (χ3v) is 6.23. The zero-order valence-corrected chi connectivity index (χ0v) is 19.9. The van der Waals surface area contributed by atoms with E-state index in [2.05, 4.69) is 26.7 Å². The van der Waals surface area contributed by atoms with Gasteiger partial charge in [0.05, 0.1) is 11.1 Å². The minimum absolute atomic E-state index is 0.0524. The monoisotopic (exact) mass is 468 g/mol. The third-order valence-electron chi connectivity index (χ3n) is 6.23. The second kappa shape index (κ2) is 10.8. The van der Waals surface area contributed by atoms with Crippen LogP contribution in [0.4, 0.5) is 11.5 Å². The van der Waals surface area contributed by atoms with Gasteiger partial charge in [-0.2, -0.15) is 5.26 Å². The fourth-order valence-corrected chi connectivity index (χ4v) is 4.17. The molecule has 0 atom stereocenters. The number of aromatic nitrogens is 2. The average molecular weight is 469 g/mol. The van der Waals surface area contributed by atoms with Crippen LogP contribution in [0.15, 0.2) is 54.9 Å². The van der Waals surface area contributed by atoms with Crippen LogP contribution in [0.2, 0.25) is 0 Å². The number of piperidine rings is 1. The first kappa shape index (κ1) is 23.9. The number of nitrogens with one attached hydrogen (secondary N) is 2. The molecule has 2 aromatic heterocycles. The van der Waals surface area contributed by atoms with Gasteiger partial charge in [-0.25, -0.2) is 4.98 Å². The Hall–Kier alpha value is -4.25. The Bertz CT molecular complexity index is 1240. The minimum atomic E-state index is -0.274. The van der Waals surface area contributed by atoms with Crippen molar-refractivity contribution in [2.45, 2.75) is 32.6 Å². The van der Waals surface area contributed by atoms with Crippen molar-refractivity contribution in [3.05, 3.63) is 82.8 Å². The number of pyridine rings is 2. The first-order valence-electron chi connectivity index (χ1n) is 11.8. The molecule has 1 saturated heterocycles. The second-order valence-electron chi connectivity index (χ2n) is 8.60. The number of anilines is 2. The van der Waals surface area contributed by atoms with Crippen molar-refractivity contribution >= 4 is 23.3 Å². The van der Waals surface area contributed by atoms with Crippen molar-refractivity contribution in [1.29, 1.82) is 5.26 Å². The van der Waals surface area contributed by atoms with Gasteiger partial charge >= 0.3 is 0 Å². The molecular formula is C27H28N6O2. The van der Waals surface area contributed by atoms with Gasteiger partial charge in [0.1, 0.15) is 11.9 Å². The van der Waals surface area contributed by atoms with E-state index in [0.717, 1.165) is 30.6 Å². The first-order chi connectivity index (χ1) is 17.0. The molecule has 2 N–H and O–H groups in total. The molecular weight excluding hydrogens is 440 g/mol.